The molecule has 104 valence electrons. The number of esters is 1. The lowest BCUT2D eigenvalue weighted by Crippen LogP contribution is -2.07. The third-order valence-corrected chi connectivity index (χ3v) is 3.68. The van der Waals surface area contributed by atoms with E-state index >= 15 is 0 Å². The summed E-state index contributed by atoms with van der Waals surface area (Å²) in [4.78, 5) is 15.7. The molecule has 1 heterocycles. The van der Waals surface area contributed by atoms with Crippen LogP contribution in [0.5, 0.6) is 0 Å². The van der Waals surface area contributed by atoms with Gasteiger partial charge in [0.05, 0.1) is 30.2 Å². The zero-order valence-corrected chi connectivity index (χ0v) is 13.7. The van der Waals surface area contributed by atoms with Crippen LogP contribution in [0.2, 0.25) is 0 Å². The van der Waals surface area contributed by atoms with Gasteiger partial charge in [-0.2, -0.15) is 0 Å². The number of nitrogens with one attached hydrogen (secondary N) is 1. The van der Waals surface area contributed by atoms with Gasteiger partial charge < -0.3 is 15.8 Å². The number of benzene rings is 1. The monoisotopic (exact) mass is 399 g/mol. The lowest BCUT2D eigenvalue weighted by Gasteiger charge is -2.10. The average Bonchev–Trinajstić information content (AvgIpc) is 2.43. The number of carbonyl (C=O) groups excluding carboxylic acids is 1. The van der Waals surface area contributed by atoms with Crippen LogP contribution in [-0.4, -0.2) is 18.1 Å². The Bertz CT molecular complexity index is 662. The molecule has 0 aliphatic carbocycles. The van der Waals surface area contributed by atoms with Crippen LogP contribution in [0, 0.1) is 0 Å². The van der Waals surface area contributed by atoms with E-state index in [4.69, 9.17) is 5.73 Å². The molecule has 0 aliphatic rings. The predicted molar refractivity (Wildman–Crippen MR) is 85.1 cm³/mol. The van der Waals surface area contributed by atoms with Crippen molar-refractivity contribution in [3.8, 4) is 0 Å². The molecule has 0 spiro atoms. The Morgan fingerprint density at radius 2 is 2.10 bits per heavy atom. The van der Waals surface area contributed by atoms with E-state index in [0.717, 1.165) is 14.6 Å². The fourth-order valence-electron chi connectivity index (χ4n) is 1.55. The maximum absolute atomic E-state index is 11.6. The summed E-state index contributed by atoms with van der Waals surface area (Å²) in [6.45, 7) is 0. The van der Waals surface area contributed by atoms with Crippen molar-refractivity contribution in [2.75, 3.05) is 18.2 Å². The predicted octanol–water partition coefficient (Wildman–Crippen LogP) is 3.72. The van der Waals surface area contributed by atoms with E-state index in [0.29, 0.717) is 5.82 Å². The van der Waals surface area contributed by atoms with Crippen LogP contribution in [0.1, 0.15) is 10.4 Å². The molecule has 2 rings (SSSR count). The van der Waals surface area contributed by atoms with Crippen molar-refractivity contribution in [2.24, 2.45) is 0 Å². The SMILES string of the molecule is COC(=O)c1cc(Nc2ccc(Br)cc2Br)ncc1N. The number of carbonyl (C=O) groups is 1. The van der Waals surface area contributed by atoms with Crippen LogP contribution in [0.4, 0.5) is 17.2 Å². The molecule has 0 fully saturated rings. The molecule has 0 amide bonds. The highest BCUT2D eigenvalue weighted by Gasteiger charge is 2.12. The Balaban J connectivity index is 2.32. The highest BCUT2D eigenvalue weighted by atomic mass is 79.9. The number of halogens is 2. The molecule has 3 N–H and O–H groups in total. The number of nitrogens with zero attached hydrogens (tertiary/aromatic N) is 1. The first-order chi connectivity index (χ1) is 9.51. The van der Waals surface area contributed by atoms with E-state index in [2.05, 4.69) is 46.9 Å². The van der Waals surface area contributed by atoms with Gasteiger partial charge in [-0.3, -0.25) is 0 Å². The molecule has 1 aromatic carbocycles. The number of hydrogen-bond acceptors (Lipinski definition) is 5. The quantitative estimate of drug-likeness (QED) is 0.767. The molecule has 20 heavy (non-hydrogen) atoms. The van der Waals surface area contributed by atoms with Crippen molar-refractivity contribution in [1.82, 2.24) is 4.98 Å². The molecular formula is C13H11Br2N3O2. The smallest absolute Gasteiger partial charge is 0.340 e. The molecule has 0 atom stereocenters. The summed E-state index contributed by atoms with van der Waals surface area (Å²) in [7, 11) is 1.31. The number of nitrogen functional groups attached to an aromatic ring is 1. The molecule has 0 bridgehead atoms. The van der Waals surface area contributed by atoms with Gasteiger partial charge in [0.25, 0.3) is 0 Å². The van der Waals surface area contributed by atoms with Crippen molar-refractivity contribution in [1.29, 1.82) is 0 Å². The Kier molecular flexibility index (Phi) is 4.61. The third-order valence-electron chi connectivity index (χ3n) is 2.53. The fraction of sp³-hybridized carbons (Fsp3) is 0.0769. The highest BCUT2D eigenvalue weighted by Crippen LogP contribution is 2.29. The maximum Gasteiger partial charge on any atom is 0.340 e. The minimum atomic E-state index is -0.497. The second-order valence-electron chi connectivity index (χ2n) is 3.90. The lowest BCUT2D eigenvalue weighted by atomic mass is 10.2. The van der Waals surface area contributed by atoms with Crippen molar-refractivity contribution < 1.29 is 9.53 Å². The van der Waals surface area contributed by atoms with Gasteiger partial charge in [0.2, 0.25) is 0 Å². The zero-order chi connectivity index (χ0) is 14.7. The summed E-state index contributed by atoms with van der Waals surface area (Å²) in [6, 6.07) is 7.23. The number of ether oxygens (including phenoxy) is 1. The van der Waals surface area contributed by atoms with E-state index in [1.807, 2.05) is 18.2 Å². The van der Waals surface area contributed by atoms with E-state index < -0.39 is 5.97 Å². The number of pyridine rings is 1. The second kappa shape index (κ2) is 6.23. The van der Waals surface area contributed by atoms with E-state index in [1.165, 1.54) is 13.3 Å². The first-order valence-corrected chi connectivity index (χ1v) is 7.15. The Hall–Kier alpha value is -1.60. The van der Waals surface area contributed by atoms with E-state index in [1.54, 1.807) is 6.07 Å². The minimum Gasteiger partial charge on any atom is -0.465 e. The molecule has 0 saturated carbocycles. The summed E-state index contributed by atoms with van der Waals surface area (Å²) in [5.74, 6) is 0.00504. The molecule has 0 aliphatic heterocycles. The second-order valence-corrected chi connectivity index (χ2v) is 5.67. The number of anilines is 3. The average molecular weight is 401 g/mol. The van der Waals surface area contributed by atoms with Crippen molar-refractivity contribution >= 4 is 55.0 Å². The van der Waals surface area contributed by atoms with Gasteiger partial charge in [0.1, 0.15) is 5.82 Å². The summed E-state index contributed by atoms with van der Waals surface area (Å²) >= 11 is 6.82. The van der Waals surface area contributed by atoms with Gasteiger partial charge in [0.15, 0.2) is 0 Å². The van der Waals surface area contributed by atoms with Crippen LogP contribution in [0.3, 0.4) is 0 Å². The van der Waals surface area contributed by atoms with E-state index in [-0.39, 0.29) is 11.3 Å². The first kappa shape index (κ1) is 14.8. The molecule has 2 aromatic rings. The van der Waals surface area contributed by atoms with Gasteiger partial charge >= 0.3 is 5.97 Å². The Morgan fingerprint density at radius 1 is 1.35 bits per heavy atom. The van der Waals surface area contributed by atoms with Crippen molar-refractivity contribution in [3.05, 3.63) is 45.0 Å². The van der Waals surface area contributed by atoms with Gasteiger partial charge in [-0.25, -0.2) is 9.78 Å². The molecule has 1 aromatic heterocycles. The van der Waals surface area contributed by atoms with E-state index in [9.17, 15) is 4.79 Å². The molecule has 5 nitrogen and oxygen atoms in total. The molecule has 0 radical (unpaired) electrons. The molecule has 7 heteroatoms. The number of hydrogen-bond donors (Lipinski definition) is 2. The lowest BCUT2D eigenvalue weighted by molar-refractivity contribution is 0.0602. The van der Waals surface area contributed by atoms with Gasteiger partial charge in [0, 0.05) is 8.95 Å². The van der Waals surface area contributed by atoms with Crippen molar-refractivity contribution in [2.45, 2.75) is 0 Å². The first-order valence-electron chi connectivity index (χ1n) is 5.57. The maximum atomic E-state index is 11.6. The number of methoxy groups -OCH3 is 1. The molecular weight excluding hydrogens is 390 g/mol. The van der Waals surface area contributed by atoms with Crippen LogP contribution in [-0.2, 0) is 4.74 Å². The van der Waals surface area contributed by atoms with Gasteiger partial charge in [-0.05, 0) is 40.2 Å². The number of rotatable bonds is 3. The van der Waals surface area contributed by atoms with Gasteiger partial charge in [-0.1, -0.05) is 15.9 Å². The summed E-state index contributed by atoms with van der Waals surface area (Å²) in [5.41, 5.74) is 7.07. The number of aromatic nitrogens is 1. The van der Waals surface area contributed by atoms with Crippen LogP contribution in [0.15, 0.2) is 39.4 Å². The highest BCUT2D eigenvalue weighted by molar-refractivity contribution is 9.11. The van der Waals surface area contributed by atoms with Crippen LogP contribution in [0.25, 0.3) is 0 Å². The normalized spacial score (nSPS) is 10.2. The third kappa shape index (κ3) is 3.29. The Morgan fingerprint density at radius 3 is 2.75 bits per heavy atom. The van der Waals surface area contributed by atoms with Crippen molar-refractivity contribution in [3.63, 3.8) is 0 Å². The Labute approximate surface area is 132 Å². The fourth-order valence-corrected chi connectivity index (χ4v) is 2.70. The number of nitrogens with two attached hydrogens (primary N) is 1. The zero-order valence-electron chi connectivity index (χ0n) is 10.5. The summed E-state index contributed by atoms with van der Waals surface area (Å²) in [6.07, 6.45) is 1.42. The molecule has 0 saturated heterocycles. The van der Waals surface area contributed by atoms with Crippen LogP contribution < -0.4 is 11.1 Å². The minimum absolute atomic E-state index is 0.275. The standard InChI is InChI=1S/C13H11Br2N3O2/c1-20-13(19)8-5-12(17-6-10(8)16)18-11-3-2-7(14)4-9(11)15/h2-6H,16H2,1H3,(H,17,18). The summed E-state index contributed by atoms with van der Waals surface area (Å²) < 4.78 is 6.49. The van der Waals surface area contributed by atoms with Gasteiger partial charge in [-0.15, -0.1) is 0 Å². The summed E-state index contributed by atoms with van der Waals surface area (Å²) in [5, 5.41) is 3.10. The molecule has 0 unspecified atom stereocenters. The largest absolute Gasteiger partial charge is 0.465 e. The van der Waals surface area contributed by atoms with Crippen LogP contribution >= 0.6 is 31.9 Å². The topological polar surface area (TPSA) is 77.2 Å².